The second-order valence-electron chi connectivity index (χ2n) is 2.99. The molecule has 1 aromatic rings. The molecular formula is C12H21NO2. The van der Waals surface area contributed by atoms with Gasteiger partial charge in [-0.25, -0.2) is 0 Å². The van der Waals surface area contributed by atoms with E-state index in [0.29, 0.717) is 0 Å². The molecule has 0 bridgehead atoms. The predicted octanol–water partition coefficient (Wildman–Crippen LogP) is 2.32. The minimum absolute atomic E-state index is 0.819. The van der Waals surface area contributed by atoms with Crippen LogP contribution in [-0.4, -0.2) is 27.8 Å². The molecule has 0 aromatic heterocycles. The van der Waals surface area contributed by atoms with Crippen molar-refractivity contribution in [2.24, 2.45) is 0 Å². The van der Waals surface area contributed by atoms with Crippen LogP contribution in [-0.2, 0) is 0 Å². The van der Waals surface area contributed by atoms with Gasteiger partial charge in [-0.15, -0.1) is 0 Å². The Kier molecular flexibility index (Phi) is 8.58. The summed E-state index contributed by atoms with van der Waals surface area (Å²) in [5, 5.41) is 3.02. The summed E-state index contributed by atoms with van der Waals surface area (Å²) < 4.78 is 9.95. The first-order chi connectivity index (χ1) is 7.28. The highest BCUT2D eigenvalue weighted by molar-refractivity contribution is 5.32. The van der Waals surface area contributed by atoms with E-state index in [1.807, 2.05) is 31.3 Å². The fraction of sp³-hybridized carbons (Fsp3) is 0.500. The van der Waals surface area contributed by atoms with Crippen molar-refractivity contribution >= 4 is 0 Å². The summed E-state index contributed by atoms with van der Waals surface area (Å²) >= 11 is 0. The van der Waals surface area contributed by atoms with Crippen molar-refractivity contribution in [2.75, 3.05) is 27.8 Å². The second-order valence-corrected chi connectivity index (χ2v) is 2.99. The van der Waals surface area contributed by atoms with Crippen LogP contribution in [0.3, 0.4) is 0 Å². The van der Waals surface area contributed by atoms with Crippen molar-refractivity contribution in [1.82, 2.24) is 5.32 Å². The van der Waals surface area contributed by atoms with Crippen LogP contribution < -0.4 is 14.8 Å². The van der Waals surface area contributed by atoms with Crippen LogP contribution in [0.25, 0.3) is 0 Å². The third-order valence-electron chi connectivity index (χ3n) is 1.78. The lowest BCUT2D eigenvalue weighted by Gasteiger charge is -2.01. The van der Waals surface area contributed by atoms with E-state index >= 15 is 0 Å². The second kappa shape index (κ2) is 9.34. The van der Waals surface area contributed by atoms with E-state index in [4.69, 9.17) is 9.47 Å². The number of benzene rings is 1. The van der Waals surface area contributed by atoms with Gasteiger partial charge in [0.15, 0.2) is 0 Å². The Labute approximate surface area is 92.4 Å². The molecule has 0 aliphatic heterocycles. The van der Waals surface area contributed by atoms with Gasteiger partial charge in [-0.3, -0.25) is 0 Å². The van der Waals surface area contributed by atoms with Crippen LogP contribution in [0.2, 0.25) is 0 Å². The zero-order valence-electron chi connectivity index (χ0n) is 10.0. The predicted molar refractivity (Wildman–Crippen MR) is 63.8 cm³/mol. The Hall–Kier alpha value is -1.22. The molecule has 86 valence electrons. The molecule has 1 N–H and O–H groups in total. The fourth-order valence-electron chi connectivity index (χ4n) is 0.978. The molecule has 0 fully saturated rings. The lowest BCUT2D eigenvalue weighted by Crippen LogP contribution is -2.04. The van der Waals surface area contributed by atoms with E-state index in [1.54, 1.807) is 14.2 Å². The highest BCUT2D eigenvalue weighted by atomic mass is 16.5. The summed E-state index contributed by atoms with van der Waals surface area (Å²) in [5.74, 6) is 1.64. The van der Waals surface area contributed by atoms with E-state index in [2.05, 4.69) is 12.2 Å². The largest absolute Gasteiger partial charge is 0.497 e. The Morgan fingerprint density at radius 3 is 1.93 bits per heavy atom. The van der Waals surface area contributed by atoms with Gasteiger partial charge in [-0.1, -0.05) is 13.0 Å². The van der Waals surface area contributed by atoms with Crippen LogP contribution in [0.4, 0.5) is 0 Å². The maximum atomic E-state index is 4.98. The third kappa shape index (κ3) is 6.80. The van der Waals surface area contributed by atoms with Crippen molar-refractivity contribution in [2.45, 2.75) is 13.3 Å². The SMILES string of the molecule is CCCNC.COc1cccc(OC)c1. The van der Waals surface area contributed by atoms with Gasteiger partial charge in [0.25, 0.3) is 0 Å². The van der Waals surface area contributed by atoms with Crippen molar-refractivity contribution in [1.29, 1.82) is 0 Å². The maximum Gasteiger partial charge on any atom is 0.122 e. The number of nitrogens with one attached hydrogen (secondary N) is 1. The van der Waals surface area contributed by atoms with Crippen LogP contribution >= 0.6 is 0 Å². The van der Waals surface area contributed by atoms with Crippen LogP contribution in [0.15, 0.2) is 24.3 Å². The monoisotopic (exact) mass is 211 g/mol. The van der Waals surface area contributed by atoms with Gasteiger partial charge in [-0.05, 0) is 32.1 Å². The quantitative estimate of drug-likeness (QED) is 0.829. The number of hydrogen-bond donors (Lipinski definition) is 1. The summed E-state index contributed by atoms with van der Waals surface area (Å²) in [4.78, 5) is 0. The summed E-state index contributed by atoms with van der Waals surface area (Å²) in [6, 6.07) is 7.47. The number of methoxy groups -OCH3 is 2. The molecule has 3 heteroatoms. The summed E-state index contributed by atoms with van der Waals surface area (Å²) in [7, 11) is 5.23. The average molecular weight is 211 g/mol. The lowest BCUT2D eigenvalue weighted by atomic mass is 10.3. The molecule has 0 saturated heterocycles. The van der Waals surface area contributed by atoms with E-state index in [0.717, 1.165) is 18.0 Å². The summed E-state index contributed by atoms with van der Waals surface area (Å²) in [6.45, 7) is 3.29. The zero-order chi connectivity index (χ0) is 11.5. The molecule has 0 aliphatic carbocycles. The fourth-order valence-corrected chi connectivity index (χ4v) is 0.978. The summed E-state index contributed by atoms with van der Waals surface area (Å²) in [5.41, 5.74) is 0. The summed E-state index contributed by atoms with van der Waals surface area (Å²) in [6.07, 6.45) is 1.23. The van der Waals surface area contributed by atoms with Crippen molar-refractivity contribution in [3.63, 3.8) is 0 Å². The number of rotatable bonds is 4. The van der Waals surface area contributed by atoms with Crippen molar-refractivity contribution < 1.29 is 9.47 Å². The minimum Gasteiger partial charge on any atom is -0.497 e. The van der Waals surface area contributed by atoms with Gasteiger partial charge >= 0.3 is 0 Å². The molecule has 0 spiro atoms. The topological polar surface area (TPSA) is 30.5 Å². The molecule has 1 rings (SSSR count). The first kappa shape index (κ1) is 13.8. The van der Waals surface area contributed by atoms with E-state index in [9.17, 15) is 0 Å². The maximum absolute atomic E-state index is 4.98. The minimum atomic E-state index is 0.819. The lowest BCUT2D eigenvalue weighted by molar-refractivity contribution is 0.394. The van der Waals surface area contributed by atoms with Crippen molar-refractivity contribution in [3.05, 3.63) is 24.3 Å². The number of hydrogen-bond acceptors (Lipinski definition) is 3. The van der Waals surface area contributed by atoms with Crippen LogP contribution in [0, 0.1) is 0 Å². The smallest absolute Gasteiger partial charge is 0.122 e. The molecule has 0 saturated carbocycles. The Balaban J connectivity index is 0.000000336. The zero-order valence-corrected chi connectivity index (χ0v) is 10.0. The molecule has 0 unspecified atom stereocenters. The van der Waals surface area contributed by atoms with Gasteiger partial charge in [0, 0.05) is 6.07 Å². The average Bonchev–Trinajstić information content (AvgIpc) is 2.31. The van der Waals surface area contributed by atoms with Gasteiger partial charge in [0.05, 0.1) is 14.2 Å². The molecule has 15 heavy (non-hydrogen) atoms. The van der Waals surface area contributed by atoms with Gasteiger partial charge in [-0.2, -0.15) is 0 Å². The molecule has 0 aliphatic rings. The third-order valence-corrected chi connectivity index (χ3v) is 1.78. The molecule has 0 radical (unpaired) electrons. The molecule has 0 atom stereocenters. The molecule has 1 aromatic carbocycles. The van der Waals surface area contributed by atoms with Gasteiger partial charge in [0.1, 0.15) is 11.5 Å². The van der Waals surface area contributed by atoms with Gasteiger partial charge < -0.3 is 14.8 Å². The van der Waals surface area contributed by atoms with Crippen LogP contribution in [0.5, 0.6) is 11.5 Å². The Morgan fingerprint density at radius 1 is 1.13 bits per heavy atom. The van der Waals surface area contributed by atoms with Crippen molar-refractivity contribution in [3.8, 4) is 11.5 Å². The number of ether oxygens (including phenoxy) is 2. The van der Waals surface area contributed by atoms with Gasteiger partial charge in [0.2, 0.25) is 0 Å². The van der Waals surface area contributed by atoms with Crippen LogP contribution in [0.1, 0.15) is 13.3 Å². The first-order valence-electron chi connectivity index (χ1n) is 5.11. The molecule has 3 nitrogen and oxygen atoms in total. The highest BCUT2D eigenvalue weighted by Crippen LogP contribution is 2.17. The highest BCUT2D eigenvalue weighted by Gasteiger charge is 1.91. The van der Waals surface area contributed by atoms with E-state index < -0.39 is 0 Å². The molecule has 0 amide bonds. The molecular weight excluding hydrogens is 190 g/mol. The van der Waals surface area contributed by atoms with E-state index in [1.165, 1.54) is 6.42 Å². The normalized spacial score (nSPS) is 8.80. The van der Waals surface area contributed by atoms with E-state index in [-0.39, 0.29) is 0 Å². The Bertz CT molecular complexity index is 230. The standard InChI is InChI=1S/C8H10O2.C4H11N/c1-9-7-4-3-5-8(6-7)10-2;1-3-4-5-2/h3-6H,1-2H3;5H,3-4H2,1-2H3. The molecule has 0 heterocycles. The Morgan fingerprint density at radius 2 is 1.67 bits per heavy atom. The first-order valence-corrected chi connectivity index (χ1v) is 5.11.